The molecule has 0 aliphatic heterocycles. The molecule has 11 heavy (non-hydrogen) atoms. The van der Waals surface area contributed by atoms with E-state index in [9.17, 15) is 9.59 Å². The van der Waals surface area contributed by atoms with Gasteiger partial charge in [-0.25, -0.2) is 9.59 Å². The molecule has 4 nitrogen and oxygen atoms in total. The summed E-state index contributed by atoms with van der Waals surface area (Å²) in [5, 5.41) is 15.2. The molecule has 0 bridgehead atoms. The topological polar surface area (TPSA) is 74.6 Å². The normalized spacial score (nSPS) is 5.82. The molecule has 58 valence electrons. The molecule has 0 rings (SSSR count). The Morgan fingerprint density at radius 3 is 1.09 bits per heavy atom. The Morgan fingerprint density at radius 1 is 1.00 bits per heavy atom. The molecule has 0 aliphatic rings. The van der Waals surface area contributed by atoms with Crippen LogP contribution in [0.3, 0.4) is 0 Å². The maximum absolute atomic E-state index is 9.25. The third-order valence-electron chi connectivity index (χ3n) is 0.349. The zero-order valence-electron chi connectivity index (χ0n) is 5.28. The van der Waals surface area contributed by atoms with Crippen LogP contribution in [0.5, 0.6) is 0 Å². The van der Waals surface area contributed by atoms with Crippen molar-refractivity contribution in [1.29, 1.82) is 0 Å². The molecule has 0 radical (unpaired) electrons. The monoisotopic (exact) mass is 152 g/mol. The Hall–Kier alpha value is -0.983. The van der Waals surface area contributed by atoms with Gasteiger partial charge in [0.2, 0.25) is 0 Å². The zero-order valence-corrected chi connectivity index (χ0v) is 5.28. The molecule has 0 amide bonds. The minimum absolute atomic E-state index is 0. The Kier molecular flexibility index (Phi) is 17.7. The summed E-state index contributed by atoms with van der Waals surface area (Å²) in [7, 11) is 0. The van der Waals surface area contributed by atoms with E-state index >= 15 is 0 Å². The van der Waals surface area contributed by atoms with Crippen molar-refractivity contribution < 1.29 is 19.8 Å². The summed E-state index contributed by atoms with van der Waals surface area (Å²) in [5.74, 6) is -1.96. The SMILES string of the molecule is C=CC(=O)O.C=CC(=O)O.[LiH]. The summed E-state index contributed by atoms with van der Waals surface area (Å²) in [6, 6.07) is 0. The molecular weight excluding hydrogens is 143 g/mol. The molecule has 0 aromatic carbocycles. The van der Waals surface area contributed by atoms with E-state index in [4.69, 9.17) is 10.2 Å². The summed E-state index contributed by atoms with van der Waals surface area (Å²) >= 11 is 0. The number of carboxylic acids is 2. The fourth-order valence-corrected chi connectivity index (χ4v) is 0. The average Bonchev–Trinajstić information content (AvgIpc) is 1.89. The van der Waals surface area contributed by atoms with Gasteiger partial charge >= 0.3 is 30.8 Å². The van der Waals surface area contributed by atoms with Crippen LogP contribution >= 0.6 is 0 Å². The van der Waals surface area contributed by atoms with Crippen molar-refractivity contribution in [3.63, 3.8) is 0 Å². The molecule has 0 spiro atoms. The number of carbonyl (C=O) groups is 2. The van der Waals surface area contributed by atoms with Crippen molar-refractivity contribution >= 4 is 30.8 Å². The molecule has 0 heterocycles. The predicted octanol–water partition coefficient (Wildman–Crippen LogP) is -0.135. The summed E-state index contributed by atoms with van der Waals surface area (Å²) < 4.78 is 0. The Morgan fingerprint density at radius 2 is 1.09 bits per heavy atom. The molecule has 0 saturated heterocycles. The van der Waals surface area contributed by atoms with E-state index in [1.165, 1.54) is 0 Å². The summed E-state index contributed by atoms with van der Waals surface area (Å²) in [6.45, 7) is 5.92. The standard InChI is InChI=1S/2C3H4O2.Li.H/c2*1-2-3(4)5;;/h2*2H,1H2,(H,4,5);;. The van der Waals surface area contributed by atoms with Gasteiger partial charge < -0.3 is 10.2 Å². The predicted molar refractivity (Wildman–Crippen MR) is 42.8 cm³/mol. The second-order valence-electron chi connectivity index (χ2n) is 1.08. The van der Waals surface area contributed by atoms with Crippen LogP contribution in [0.1, 0.15) is 0 Å². The number of carboxylic acid groups (broad SMARTS) is 2. The third-order valence-corrected chi connectivity index (χ3v) is 0.349. The molecule has 0 aromatic rings. The minimum atomic E-state index is -0.981. The average molecular weight is 152 g/mol. The fourth-order valence-electron chi connectivity index (χ4n) is 0. The van der Waals surface area contributed by atoms with Gasteiger partial charge in [0.25, 0.3) is 0 Å². The van der Waals surface area contributed by atoms with Crippen molar-refractivity contribution in [2.24, 2.45) is 0 Å². The quantitative estimate of drug-likeness (QED) is 0.426. The Labute approximate surface area is 76.4 Å². The van der Waals surface area contributed by atoms with Gasteiger partial charge in [0.05, 0.1) is 0 Å². The van der Waals surface area contributed by atoms with Gasteiger partial charge in [-0.3, -0.25) is 0 Å². The van der Waals surface area contributed by atoms with Crippen LogP contribution in [0.2, 0.25) is 0 Å². The van der Waals surface area contributed by atoms with Crippen LogP contribution in [-0.2, 0) is 9.59 Å². The molecule has 0 aromatic heterocycles. The van der Waals surface area contributed by atoms with E-state index in [0.29, 0.717) is 0 Å². The van der Waals surface area contributed by atoms with Gasteiger partial charge in [0.15, 0.2) is 0 Å². The van der Waals surface area contributed by atoms with Gasteiger partial charge in [-0.15, -0.1) is 0 Å². The molecule has 0 aliphatic carbocycles. The van der Waals surface area contributed by atoms with Crippen LogP contribution < -0.4 is 0 Å². The van der Waals surface area contributed by atoms with Gasteiger partial charge in [-0.1, -0.05) is 13.2 Å². The van der Waals surface area contributed by atoms with Crippen molar-refractivity contribution in [3.8, 4) is 0 Å². The van der Waals surface area contributed by atoms with Crippen molar-refractivity contribution in [2.75, 3.05) is 0 Å². The molecule has 0 saturated carbocycles. The first-order valence-corrected chi connectivity index (χ1v) is 2.25. The molecule has 0 atom stereocenters. The second kappa shape index (κ2) is 11.8. The first kappa shape index (κ1) is 16.5. The van der Waals surface area contributed by atoms with E-state index in [2.05, 4.69) is 13.2 Å². The van der Waals surface area contributed by atoms with Crippen LogP contribution in [-0.4, -0.2) is 41.0 Å². The molecule has 2 N–H and O–H groups in total. The van der Waals surface area contributed by atoms with Crippen LogP contribution in [0.4, 0.5) is 0 Å². The summed E-state index contributed by atoms with van der Waals surface area (Å²) in [5.41, 5.74) is 0. The molecule has 0 fully saturated rings. The van der Waals surface area contributed by atoms with Gasteiger partial charge in [-0.05, 0) is 0 Å². The Bertz CT molecular complexity index is 135. The maximum atomic E-state index is 9.25. The Balaban J connectivity index is -0.000000107. The number of aliphatic carboxylic acids is 2. The van der Waals surface area contributed by atoms with E-state index in [-0.39, 0.29) is 18.9 Å². The summed E-state index contributed by atoms with van der Waals surface area (Å²) in [6.07, 6.45) is 1.67. The van der Waals surface area contributed by atoms with E-state index in [1.807, 2.05) is 0 Å². The molecule has 5 heteroatoms. The number of rotatable bonds is 2. The van der Waals surface area contributed by atoms with Gasteiger partial charge in [0, 0.05) is 12.2 Å². The first-order valence-electron chi connectivity index (χ1n) is 2.25. The zero-order chi connectivity index (χ0) is 8.57. The van der Waals surface area contributed by atoms with Crippen LogP contribution in [0.15, 0.2) is 25.3 Å². The molecular formula is C6H9LiO4. The van der Waals surface area contributed by atoms with Crippen LogP contribution in [0.25, 0.3) is 0 Å². The van der Waals surface area contributed by atoms with E-state index < -0.39 is 11.9 Å². The number of hydrogen-bond donors (Lipinski definition) is 2. The van der Waals surface area contributed by atoms with Crippen LogP contribution in [0, 0.1) is 0 Å². The van der Waals surface area contributed by atoms with E-state index in [1.54, 1.807) is 0 Å². The fraction of sp³-hybridized carbons (Fsp3) is 0. The van der Waals surface area contributed by atoms with Gasteiger partial charge in [0.1, 0.15) is 0 Å². The second-order valence-corrected chi connectivity index (χ2v) is 1.08. The number of hydrogen-bond acceptors (Lipinski definition) is 2. The van der Waals surface area contributed by atoms with Crippen molar-refractivity contribution in [1.82, 2.24) is 0 Å². The third kappa shape index (κ3) is 48.8. The first-order chi connectivity index (χ1) is 4.54. The molecule has 0 unspecified atom stereocenters. The van der Waals surface area contributed by atoms with Crippen molar-refractivity contribution in [3.05, 3.63) is 25.3 Å². The summed E-state index contributed by atoms with van der Waals surface area (Å²) in [4.78, 5) is 18.5. The van der Waals surface area contributed by atoms with Gasteiger partial charge in [-0.2, -0.15) is 0 Å². The van der Waals surface area contributed by atoms with Crippen molar-refractivity contribution in [2.45, 2.75) is 0 Å². The van der Waals surface area contributed by atoms with E-state index in [0.717, 1.165) is 12.2 Å².